The highest BCUT2D eigenvalue weighted by Crippen LogP contribution is 2.29. The van der Waals surface area contributed by atoms with Gasteiger partial charge in [-0.25, -0.2) is 8.78 Å². The number of aromatic nitrogens is 4. The molecule has 0 unspecified atom stereocenters. The monoisotopic (exact) mass is 379 g/mol. The Balaban J connectivity index is 1.38. The van der Waals surface area contributed by atoms with Crippen molar-refractivity contribution in [3.8, 4) is 22.6 Å². The highest BCUT2D eigenvalue weighted by molar-refractivity contribution is 5.85. The minimum Gasteiger partial charge on any atom is -0.353 e. The highest BCUT2D eigenvalue weighted by atomic mass is 19.3. The third-order valence-electron chi connectivity index (χ3n) is 5.14. The molecule has 1 aliphatic heterocycles. The van der Waals surface area contributed by atoms with Crippen molar-refractivity contribution in [1.29, 1.82) is 0 Å². The third-order valence-corrected chi connectivity index (χ3v) is 5.14. The van der Waals surface area contributed by atoms with Crippen LogP contribution in [-0.4, -0.2) is 44.1 Å². The van der Waals surface area contributed by atoms with Crippen molar-refractivity contribution in [2.45, 2.75) is 18.9 Å². The SMILES string of the molecule is FC1(F)CCN(Cc2cncc(-c3cc(-c4cc5ccccc5[nH]4)[nH]n3)c2)C1. The van der Waals surface area contributed by atoms with E-state index in [2.05, 4.69) is 32.3 Å². The number of hydrogen-bond acceptors (Lipinski definition) is 3. The van der Waals surface area contributed by atoms with Crippen LogP contribution in [-0.2, 0) is 6.54 Å². The number of rotatable bonds is 4. The first-order chi connectivity index (χ1) is 13.6. The van der Waals surface area contributed by atoms with Gasteiger partial charge in [-0.15, -0.1) is 0 Å². The molecule has 3 aromatic heterocycles. The molecule has 0 bridgehead atoms. The van der Waals surface area contributed by atoms with Crippen LogP contribution in [0.3, 0.4) is 0 Å². The standard InChI is InChI=1S/C21H19F2N5/c22-21(23)5-6-28(13-21)12-14-7-16(11-24-10-14)18-9-20(27-26-18)19-8-15-3-1-2-4-17(15)25-19/h1-4,7-11,25H,5-6,12-13H2,(H,26,27). The van der Waals surface area contributed by atoms with Crippen molar-refractivity contribution in [2.75, 3.05) is 13.1 Å². The quantitative estimate of drug-likeness (QED) is 0.550. The minimum absolute atomic E-state index is 0.0760. The summed E-state index contributed by atoms with van der Waals surface area (Å²) in [5.41, 5.74) is 5.46. The topological polar surface area (TPSA) is 60.6 Å². The molecule has 0 saturated carbocycles. The molecule has 1 fully saturated rings. The Hall–Kier alpha value is -3.06. The van der Waals surface area contributed by atoms with Crippen molar-refractivity contribution in [3.63, 3.8) is 0 Å². The van der Waals surface area contributed by atoms with E-state index >= 15 is 0 Å². The van der Waals surface area contributed by atoms with Gasteiger partial charge in [0.2, 0.25) is 0 Å². The first kappa shape index (κ1) is 17.1. The second-order valence-corrected chi connectivity index (χ2v) is 7.34. The number of alkyl halides is 2. The normalized spacial score (nSPS) is 16.8. The van der Waals surface area contributed by atoms with Crippen LogP contribution in [0.2, 0.25) is 0 Å². The fraction of sp³-hybridized carbons (Fsp3) is 0.238. The fourth-order valence-corrected chi connectivity index (χ4v) is 3.74. The third kappa shape index (κ3) is 3.29. The zero-order valence-electron chi connectivity index (χ0n) is 15.1. The van der Waals surface area contributed by atoms with Crippen LogP contribution in [0.1, 0.15) is 12.0 Å². The van der Waals surface area contributed by atoms with Crippen molar-refractivity contribution in [3.05, 3.63) is 60.4 Å². The molecule has 7 heteroatoms. The van der Waals surface area contributed by atoms with E-state index in [1.54, 1.807) is 17.3 Å². The number of likely N-dealkylation sites (tertiary alicyclic amines) is 1. The van der Waals surface area contributed by atoms with Crippen molar-refractivity contribution >= 4 is 10.9 Å². The van der Waals surface area contributed by atoms with Gasteiger partial charge in [0.25, 0.3) is 5.92 Å². The minimum atomic E-state index is -2.58. The molecule has 2 N–H and O–H groups in total. The predicted octanol–water partition coefficient (Wildman–Crippen LogP) is 4.46. The first-order valence-electron chi connectivity index (χ1n) is 9.24. The Morgan fingerprint density at radius 1 is 1.07 bits per heavy atom. The van der Waals surface area contributed by atoms with Gasteiger partial charge in [-0.2, -0.15) is 5.10 Å². The van der Waals surface area contributed by atoms with Crippen LogP contribution in [0.4, 0.5) is 8.78 Å². The lowest BCUT2D eigenvalue weighted by Gasteiger charge is -2.15. The maximum Gasteiger partial charge on any atom is 0.261 e. The predicted molar refractivity (Wildman–Crippen MR) is 104 cm³/mol. The highest BCUT2D eigenvalue weighted by Gasteiger charge is 2.37. The van der Waals surface area contributed by atoms with E-state index in [4.69, 9.17) is 0 Å². The first-order valence-corrected chi connectivity index (χ1v) is 9.24. The van der Waals surface area contributed by atoms with Gasteiger partial charge in [0.05, 0.1) is 23.6 Å². The molecule has 0 spiro atoms. The van der Waals surface area contributed by atoms with Crippen LogP contribution in [0.5, 0.6) is 0 Å². The van der Waals surface area contributed by atoms with Gasteiger partial charge in [0.1, 0.15) is 0 Å². The molecule has 28 heavy (non-hydrogen) atoms. The zero-order chi connectivity index (χ0) is 19.1. The van der Waals surface area contributed by atoms with Crippen LogP contribution in [0.25, 0.3) is 33.5 Å². The summed E-state index contributed by atoms with van der Waals surface area (Å²) in [7, 11) is 0. The van der Waals surface area contributed by atoms with E-state index in [9.17, 15) is 8.78 Å². The van der Waals surface area contributed by atoms with Crippen LogP contribution in [0.15, 0.2) is 54.9 Å². The molecule has 1 aromatic carbocycles. The molecule has 0 atom stereocenters. The maximum absolute atomic E-state index is 13.4. The fourth-order valence-electron chi connectivity index (χ4n) is 3.74. The summed E-state index contributed by atoms with van der Waals surface area (Å²) in [6.45, 7) is 0.685. The molecule has 0 amide bonds. The van der Waals surface area contributed by atoms with E-state index in [1.165, 1.54) is 0 Å². The van der Waals surface area contributed by atoms with Gasteiger partial charge < -0.3 is 4.98 Å². The lowest BCUT2D eigenvalue weighted by atomic mass is 10.1. The zero-order valence-corrected chi connectivity index (χ0v) is 15.1. The Bertz CT molecular complexity index is 1100. The molecule has 0 aliphatic carbocycles. The van der Waals surface area contributed by atoms with Gasteiger partial charge >= 0.3 is 0 Å². The molecule has 5 nitrogen and oxygen atoms in total. The summed E-state index contributed by atoms with van der Waals surface area (Å²) in [5.74, 6) is -2.58. The summed E-state index contributed by atoms with van der Waals surface area (Å²) in [4.78, 5) is 9.42. The van der Waals surface area contributed by atoms with E-state index in [1.807, 2.05) is 30.3 Å². The Morgan fingerprint density at radius 2 is 1.96 bits per heavy atom. The maximum atomic E-state index is 13.4. The number of hydrogen-bond donors (Lipinski definition) is 2. The number of halogens is 2. The molecular weight excluding hydrogens is 360 g/mol. The smallest absolute Gasteiger partial charge is 0.261 e. The largest absolute Gasteiger partial charge is 0.353 e. The number of pyridine rings is 1. The number of fused-ring (bicyclic) bond motifs is 1. The van der Waals surface area contributed by atoms with Crippen molar-refractivity contribution < 1.29 is 8.78 Å². The summed E-state index contributed by atoms with van der Waals surface area (Å²) in [5, 5.41) is 8.62. The lowest BCUT2D eigenvalue weighted by Crippen LogP contribution is -2.24. The lowest BCUT2D eigenvalue weighted by molar-refractivity contribution is 0.0115. The Kier molecular flexibility index (Phi) is 3.98. The van der Waals surface area contributed by atoms with E-state index in [0.29, 0.717) is 13.1 Å². The number of benzene rings is 1. The molecule has 1 saturated heterocycles. The summed E-state index contributed by atoms with van der Waals surface area (Å²) >= 11 is 0. The summed E-state index contributed by atoms with van der Waals surface area (Å²) in [6.07, 6.45) is 3.39. The van der Waals surface area contributed by atoms with Crippen molar-refractivity contribution in [2.24, 2.45) is 0 Å². The molecule has 1 aliphatic rings. The number of aromatic amines is 2. The van der Waals surface area contributed by atoms with Gasteiger partial charge in [-0.1, -0.05) is 18.2 Å². The molecule has 4 heterocycles. The molecule has 142 valence electrons. The number of nitrogens with zero attached hydrogens (tertiary/aromatic N) is 3. The van der Waals surface area contributed by atoms with E-state index in [-0.39, 0.29) is 13.0 Å². The van der Waals surface area contributed by atoms with Gasteiger partial charge in [0.15, 0.2) is 0 Å². The molecule has 0 radical (unpaired) electrons. The summed E-state index contributed by atoms with van der Waals surface area (Å²) in [6, 6.07) is 14.1. The second-order valence-electron chi connectivity index (χ2n) is 7.34. The average Bonchev–Trinajstić information content (AvgIpc) is 3.39. The molecule has 5 rings (SSSR count). The van der Waals surface area contributed by atoms with Gasteiger partial charge in [-0.3, -0.25) is 15.0 Å². The Labute approximate surface area is 160 Å². The number of para-hydroxylation sites is 1. The number of H-pyrrole nitrogens is 2. The van der Waals surface area contributed by atoms with E-state index < -0.39 is 5.92 Å². The second kappa shape index (κ2) is 6.53. The van der Waals surface area contributed by atoms with Crippen LogP contribution in [0, 0.1) is 0 Å². The van der Waals surface area contributed by atoms with Crippen LogP contribution < -0.4 is 0 Å². The Morgan fingerprint density at radius 3 is 2.79 bits per heavy atom. The molecular formula is C21H19F2N5. The van der Waals surface area contributed by atoms with Gasteiger partial charge in [0, 0.05) is 48.4 Å². The molecule has 4 aromatic rings. The van der Waals surface area contributed by atoms with Crippen LogP contribution >= 0.6 is 0 Å². The van der Waals surface area contributed by atoms with Gasteiger partial charge in [-0.05, 0) is 29.8 Å². The summed E-state index contributed by atoms with van der Waals surface area (Å²) < 4.78 is 26.8. The van der Waals surface area contributed by atoms with E-state index in [0.717, 1.165) is 39.1 Å². The average molecular weight is 379 g/mol. The van der Waals surface area contributed by atoms with Crippen molar-refractivity contribution in [1.82, 2.24) is 25.1 Å². The number of nitrogens with one attached hydrogen (secondary N) is 2.